The van der Waals surface area contributed by atoms with E-state index in [2.05, 4.69) is 24.7 Å². The molecule has 6 nitrogen and oxygen atoms in total. The number of anilines is 1. The van der Waals surface area contributed by atoms with E-state index in [1.54, 1.807) is 30.5 Å². The molecule has 5 N–H and O–H groups in total. The first kappa shape index (κ1) is 17.9. The first-order valence-electron chi connectivity index (χ1n) is 6.72. The van der Waals surface area contributed by atoms with Gasteiger partial charge in [-0.2, -0.15) is 0 Å². The monoisotopic (exact) mass is 312 g/mol. The molecule has 0 spiro atoms. The molecule has 0 radical (unpaired) electrons. The van der Waals surface area contributed by atoms with E-state index in [1.807, 2.05) is 0 Å². The summed E-state index contributed by atoms with van der Waals surface area (Å²) in [5, 5.41) is 9.64. The maximum atomic E-state index is 11.3. The van der Waals surface area contributed by atoms with Crippen LogP contribution < -0.4 is 11.5 Å². The fourth-order valence-electron chi connectivity index (χ4n) is 1.67. The van der Waals surface area contributed by atoms with Crippen molar-refractivity contribution in [1.29, 1.82) is 0 Å². The zero-order valence-corrected chi connectivity index (χ0v) is 12.8. The molecule has 6 heteroatoms. The predicted molar refractivity (Wildman–Crippen MR) is 92.8 cm³/mol. The summed E-state index contributed by atoms with van der Waals surface area (Å²) in [6.07, 6.45) is 7.15. The van der Waals surface area contributed by atoms with Crippen LogP contribution in [-0.2, 0) is 4.79 Å². The number of aromatic nitrogens is 1. The van der Waals surface area contributed by atoms with Crippen molar-refractivity contribution in [3.8, 4) is 0 Å². The third-order valence-corrected chi connectivity index (χ3v) is 2.94. The van der Waals surface area contributed by atoms with Gasteiger partial charge < -0.3 is 21.5 Å². The van der Waals surface area contributed by atoms with Gasteiger partial charge in [0, 0.05) is 17.5 Å². The maximum absolute atomic E-state index is 11.3. The van der Waals surface area contributed by atoms with Crippen molar-refractivity contribution >= 4 is 17.2 Å². The van der Waals surface area contributed by atoms with Gasteiger partial charge in [-0.15, -0.1) is 0 Å². The van der Waals surface area contributed by atoms with Crippen LogP contribution in [0.2, 0.25) is 0 Å². The quantitative estimate of drug-likeness (QED) is 0.294. The number of carbonyl (C=O) groups is 1. The van der Waals surface area contributed by atoms with Crippen LogP contribution in [0.4, 0.5) is 5.82 Å². The Bertz CT molecular complexity index is 672. The van der Waals surface area contributed by atoms with E-state index >= 15 is 0 Å². The zero-order chi connectivity index (χ0) is 17.4. The number of nitrogen functional groups attached to an aromatic ring is 1. The SMILES string of the molecule is C=CC(=O)/C(O)=C\N(CN)C(=C)/C=C(\C=C)c1ccc(N)nc1. The summed E-state index contributed by atoms with van der Waals surface area (Å²) in [6, 6.07) is 3.47. The van der Waals surface area contributed by atoms with E-state index < -0.39 is 11.5 Å². The number of ketones is 1. The van der Waals surface area contributed by atoms with Crippen molar-refractivity contribution in [3.63, 3.8) is 0 Å². The second-order valence-electron chi connectivity index (χ2n) is 4.50. The largest absolute Gasteiger partial charge is 0.503 e. The lowest BCUT2D eigenvalue weighted by molar-refractivity contribution is -0.113. The molecule has 0 aliphatic rings. The van der Waals surface area contributed by atoms with Crippen molar-refractivity contribution in [1.82, 2.24) is 9.88 Å². The molecule has 1 heterocycles. The molecule has 0 fully saturated rings. The number of nitrogens with two attached hydrogens (primary N) is 2. The van der Waals surface area contributed by atoms with Crippen molar-refractivity contribution in [3.05, 3.63) is 79.5 Å². The van der Waals surface area contributed by atoms with E-state index in [-0.39, 0.29) is 6.67 Å². The second kappa shape index (κ2) is 8.35. The number of hydrogen-bond acceptors (Lipinski definition) is 6. The van der Waals surface area contributed by atoms with Gasteiger partial charge in [-0.1, -0.05) is 25.8 Å². The Labute approximate surface area is 135 Å². The Morgan fingerprint density at radius 1 is 1.35 bits per heavy atom. The molecule has 0 amide bonds. The van der Waals surface area contributed by atoms with Crippen LogP contribution >= 0.6 is 0 Å². The van der Waals surface area contributed by atoms with E-state index in [4.69, 9.17) is 11.5 Å². The van der Waals surface area contributed by atoms with Gasteiger partial charge in [0.1, 0.15) is 5.82 Å². The summed E-state index contributed by atoms with van der Waals surface area (Å²) in [6.45, 7) is 11.0. The molecule has 1 rings (SSSR count). The highest BCUT2D eigenvalue weighted by molar-refractivity contribution is 6.01. The summed E-state index contributed by atoms with van der Waals surface area (Å²) >= 11 is 0. The number of rotatable bonds is 8. The van der Waals surface area contributed by atoms with Gasteiger partial charge in [-0.05, 0) is 29.9 Å². The Hall–Kier alpha value is -3.12. The Kier molecular flexibility index (Phi) is 6.51. The lowest BCUT2D eigenvalue weighted by Gasteiger charge is -2.19. The topological polar surface area (TPSA) is 105 Å². The maximum Gasteiger partial charge on any atom is 0.221 e. The minimum atomic E-state index is -0.605. The molecule has 1 aromatic rings. The highest BCUT2D eigenvalue weighted by atomic mass is 16.3. The van der Waals surface area contributed by atoms with Crippen LogP contribution in [0, 0.1) is 0 Å². The smallest absolute Gasteiger partial charge is 0.221 e. The van der Waals surface area contributed by atoms with Crippen molar-refractivity contribution in [2.24, 2.45) is 5.73 Å². The summed E-state index contributed by atoms with van der Waals surface area (Å²) in [5.74, 6) is -0.670. The van der Waals surface area contributed by atoms with Crippen molar-refractivity contribution in [2.75, 3.05) is 12.4 Å². The third-order valence-electron chi connectivity index (χ3n) is 2.94. The highest BCUT2D eigenvalue weighted by Crippen LogP contribution is 2.19. The number of allylic oxidation sites excluding steroid dienone is 4. The molecule has 0 bridgehead atoms. The molecule has 0 unspecified atom stereocenters. The van der Waals surface area contributed by atoms with Crippen molar-refractivity contribution in [2.45, 2.75) is 0 Å². The second-order valence-corrected chi connectivity index (χ2v) is 4.50. The molecule has 1 aromatic heterocycles. The zero-order valence-electron chi connectivity index (χ0n) is 12.8. The predicted octanol–water partition coefficient (Wildman–Crippen LogP) is 2.12. The van der Waals surface area contributed by atoms with Crippen LogP contribution in [-0.4, -0.2) is 27.4 Å². The van der Waals surface area contributed by atoms with Gasteiger partial charge in [0.15, 0.2) is 5.76 Å². The minimum Gasteiger partial charge on any atom is -0.503 e. The molecule has 120 valence electrons. The molecular formula is C17H20N4O2. The van der Waals surface area contributed by atoms with Gasteiger partial charge in [0.2, 0.25) is 5.78 Å². The average molecular weight is 312 g/mol. The first-order valence-corrected chi connectivity index (χ1v) is 6.72. The van der Waals surface area contributed by atoms with Gasteiger partial charge in [-0.3, -0.25) is 4.79 Å². The summed E-state index contributed by atoms with van der Waals surface area (Å²) in [4.78, 5) is 16.8. The third kappa shape index (κ3) is 4.98. The number of nitrogens with zero attached hydrogens (tertiary/aromatic N) is 2. The lowest BCUT2D eigenvalue weighted by Crippen LogP contribution is -2.24. The lowest BCUT2D eigenvalue weighted by atomic mass is 10.1. The van der Waals surface area contributed by atoms with Gasteiger partial charge >= 0.3 is 0 Å². The number of pyridine rings is 1. The summed E-state index contributed by atoms with van der Waals surface area (Å²) in [7, 11) is 0. The first-order chi connectivity index (χ1) is 10.9. The average Bonchev–Trinajstić information content (AvgIpc) is 2.57. The molecular weight excluding hydrogens is 292 g/mol. The standard InChI is InChI=1S/C17H20N4O2/c1-4-13(14-6-7-17(19)20-9-14)8-12(3)21(11-18)10-16(23)15(22)5-2/h4-10,23H,1-3,11,18H2,(H2,19,20)/b13-8+,16-10+. The van der Waals surface area contributed by atoms with Crippen LogP contribution in [0.5, 0.6) is 0 Å². The van der Waals surface area contributed by atoms with E-state index in [0.29, 0.717) is 11.5 Å². The van der Waals surface area contributed by atoms with E-state index in [9.17, 15) is 9.90 Å². The minimum absolute atomic E-state index is 0.0221. The fourth-order valence-corrected chi connectivity index (χ4v) is 1.67. The Morgan fingerprint density at radius 2 is 2.04 bits per heavy atom. The van der Waals surface area contributed by atoms with E-state index in [0.717, 1.165) is 17.2 Å². The highest BCUT2D eigenvalue weighted by Gasteiger charge is 2.08. The van der Waals surface area contributed by atoms with Gasteiger partial charge in [0.25, 0.3) is 0 Å². The van der Waals surface area contributed by atoms with Crippen LogP contribution in [0.25, 0.3) is 5.57 Å². The molecule has 23 heavy (non-hydrogen) atoms. The van der Waals surface area contributed by atoms with Gasteiger partial charge in [-0.25, -0.2) is 4.98 Å². The van der Waals surface area contributed by atoms with Gasteiger partial charge in [0.05, 0.1) is 12.9 Å². The van der Waals surface area contributed by atoms with E-state index in [1.165, 1.54) is 11.1 Å². The molecule has 0 aliphatic carbocycles. The Morgan fingerprint density at radius 3 is 2.52 bits per heavy atom. The summed E-state index contributed by atoms with van der Waals surface area (Å²) in [5.41, 5.74) is 13.2. The number of aliphatic hydroxyl groups is 1. The Balaban J connectivity index is 3.08. The van der Waals surface area contributed by atoms with Crippen LogP contribution in [0.15, 0.2) is 74.0 Å². The molecule has 0 aromatic carbocycles. The molecule has 0 saturated carbocycles. The fraction of sp³-hybridized carbons (Fsp3) is 0.0588. The number of hydrogen-bond donors (Lipinski definition) is 3. The van der Waals surface area contributed by atoms with Crippen molar-refractivity contribution < 1.29 is 9.90 Å². The summed E-state index contributed by atoms with van der Waals surface area (Å²) < 4.78 is 0. The number of carbonyl (C=O) groups excluding carboxylic acids is 1. The number of aliphatic hydroxyl groups excluding tert-OH is 1. The molecule has 0 atom stereocenters. The normalized spacial score (nSPS) is 11.7. The molecule has 0 aliphatic heterocycles. The van der Waals surface area contributed by atoms with Crippen LogP contribution in [0.3, 0.4) is 0 Å². The molecule has 0 saturated heterocycles. The van der Waals surface area contributed by atoms with Crippen LogP contribution in [0.1, 0.15) is 5.56 Å².